The normalized spacial score (nSPS) is 14.7. The molecule has 5 nitrogen and oxygen atoms in total. The van der Waals surface area contributed by atoms with Crippen molar-refractivity contribution in [2.75, 3.05) is 33.4 Å². The summed E-state index contributed by atoms with van der Waals surface area (Å²) in [5, 5.41) is 5.26. The molecule has 5 heteroatoms. The van der Waals surface area contributed by atoms with E-state index in [9.17, 15) is 4.79 Å². The molecule has 0 radical (unpaired) electrons. The molecule has 0 bridgehead atoms. The Bertz CT molecular complexity index is 1080. The van der Waals surface area contributed by atoms with E-state index in [0.29, 0.717) is 19.2 Å². The van der Waals surface area contributed by atoms with Crippen molar-refractivity contribution in [3.63, 3.8) is 0 Å². The van der Waals surface area contributed by atoms with Crippen LogP contribution in [0, 0.1) is 0 Å². The molecule has 0 aliphatic carbocycles. The van der Waals surface area contributed by atoms with Gasteiger partial charge in [-0.15, -0.1) is 0 Å². The van der Waals surface area contributed by atoms with Crippen LogP contribution in [0.25, 0.3) is 16.8 Å². The molecule has 0 spiro atoms. The number of carbonyl (C=O) groups excluding carboxylic acids is 1. The molecule has 1 aliphatic heterocycles. The molecule has 0 saturated carbocycles. The van der Waals surface area contributed by atoms with Gasteiger partial charge in [-0.25, -0.2) is 0 Å². The summed E-state index contributed by atoms with van der Waals surface area (Å²) in [6.45, 7) is 3.67. The molecule has 1 fully saturated rings. The molecule has 1 amide bonds. The van der Waals surface area contributed by atoms with Crippen LogP contribution in [-0.2, 0) is 16.1 Å². The molecule has 1 heterocycles. The number of likely N-dealkylation sites (N-methyl/N-ethyl adjacent to an activating group) is 1. The number of benzene rings is 3. The van der Waals surface area contributed by atoms with Crippen LogP contribution in [0.1, 0.15) is 24.0 Å². The van der Waals surface area contributed by atoms with Crippen molar-refractivity contribution in [3.8, 4) is 5.75 Å². The quantitative estimate of drug-likeness (QED) is 0.488. The molecular weight excluding hydrogens is 412 g/mol. The van der Waals surface area contributed by atoms with Crippen LogP contribution < -0.4 is 10.1 Å². The van der Waals surface area contributed by atoms with Gasteiger partial charge in [0, 0.05) is 38.4 Å². The van der Waals surface area contributed by atoms with Gasteiger partial charge in [0.1, 0.15) is 12.4 Å². The fourth-order valence-electron chi connectivity index (χ4n) is 4.17. The summed E-state index contributed by atoms with van der Waals surface area (Å²) in [6.07, 6.45) is 5.63. The largest absolute Gasteiger partial charge is 0.492 e. The highest BCUT2D eigenvalue weighted by Gasteiger charge is 2.17. The van der Waals surface area contributed by atoms with Crippen molar-refractivity contribution in [1.29, 1.82) is 0 Å². The number of hydrogen-bond donors (Lipinski definition) is 1. The lowest BCUT2D eigenvalue weighted by atomic mass is 10.0. The van der Waals surface area contributed by atoms with Gasteiger partial charge < -0.3 is 14.8 Å². The summed E-state index contributed by atoms with van der Waals surface area (Å²) in [5.41, 5.74) is 2.04. The Balaban J connectivity index is 1.25. The molecule has 4 rings (SSSR count). The molecule has 1 saturated heterocycles. The minimum absolute atomic E-state index is 0.118. The molecular formula is C28H32N2O3. The van der Waals surface area contributed by atoms with Crippen LogP contribution in [0.15, 0.2) is 72.8 Å². The Kier molecular flexibility index (Phi) is 8.12. The zero-order valence-corrected chi connectivity index (χ0v) is 19.2. The van der Waals surface area contributed by atoms with Crippen molar-refractivity contribution >= 4 is 22.8 Å². The number of fused-ring (bicyclic) bond motifs is 1. The summed E-state index contributed by atoms with van der Waals surface area (Å²) < 4.78 is 11.4. The highest BCUT2D eigenvalue weighted by atomic mass is 16.5. The summed E-state index contributed by atoms with van der Waals surface area (Å²) >= 11 is 0. The average Bonchev–Trinajstić information content (AvgIpc) is 2.87. The van der Waals surface area contributed by atoms with Gasteiger partial charge in [0.05, 0.1) is 0 Å². The molecule has 0 atom stereocenters. The topological polar surface area (TPSA) is 50.8 Å². The Morgan fingerprint density at radius 3 is 2.76 bits per heavy atom. The van der Waals surface area contributed by atoms with Crippen molar-refractivity contribution < 1.29 is 14.3 Å². The van der Waals surface area contributed by atoms with Gasteiger partial charge in [0.2, 0.25) is 5.91 Å². The maximum atomic E-state index is 12.4. The number of nitrogens with one attached hydrogen (secondary N) is 1. The number of ether oxygens (including phenoxy) is 2. The number of amides is 1. The Hall–Kier alpha value is -3.15. The van der Waals surface area contributed by atoms with Crippen LogP contribution in [0.2, 0.25) is 0 Å². The summed E-state index contributed by atoms with van der Waals surface area (Å²) in [6, 6.07) is 22.8. The van der Waals surface area contributed by atoms with E-state index in [1.807, 2.05) is 54.6 Å². The Labute approximate surface area is 196 Å². The minimum Gasteiger partial charge on any atom is -0.492 e. The van der Waals surface area contributed by atoms with E-state index in [0.717, 1.165) is 60.2 Å². The second-order valence-electron chi connectivity index (χ2n) is 8.44. The molecule has 0 unspecified atom stereocenters. The van der Waals surface area contributed by atoms with Crippen LogP contribution >= 0.6 is 0 Å². The first-order valence-corrected chi connectivity index (χ1v) is 11.6. The highest BCUT2D eigenvalue weighted by molar-refractivity contribution is 5.96. The van der Waals surface area contributed by atoms with Gasteiger partial charge in [0.25, 0.3) is 0 Å². The highest BCUT2D eigenvalue weighted by Crippen LogP contribution is 2.19. The number of rotatable bonds is 9. The van der Waals surface area contributed by atoms with Gasteiger partial charge >= 0.3 is 0 Å². The maximum absolute atomic E-state index is 12.4. The summed E-state index contributed by atoms with van der Waals surface area (Å²) in [5.74, 6) is 0.709. The first-order chi connectivity index (χ1) is 16.2. The smallest absolute Gasteiger partial charge is 0.244 e. The maximum Gasteiger partial charge on any atom is 0.244 e. The Morgan fingerprint density at radius 2 is 1.88 bits per heavy atom. The lowest BCUT2D eigenvalue weighted by Gasteiger charge is -2.31. The minimum atomic E-state index is -0.118. The van der Waals surface area contributed by atoms with Gasteiger partial charge in [-0.1, -0.05) is 54.6 Å². The second-order valence-corrected chi connectivity index (χ2v) is 8.44. The van der Waals surface area contributed by atoms with Gasteiger partial charge in [-0.3, -0.25) is 9.69 Å². The zero-order chi connectivity index (χ0) is 22.9. The van der Waals surface area contributed by atoms with Crippen LogP contribution in [-0.4, -0.2) is 50.3 Å². The van der Waals surface area contributed by atoms with E-state index in [4.69, 9.17) is 9.47 Å². The third-order valence-corrected chi connectivity index (χ3v) is 6.13. The van der Waals surface area contributed by atoms with Crippen molar-refractivity contribution in [1.82, 2.24) is 10.2 Å². The molecule has 33 heavy (non-hydrogen) atoms. The predicted molar refractivity (Wildman–Crippen MR) is 133 cm³/mol. The van der Waals surface area contributed by atoms with Crippen molar-refractivity contribution in [2.45, 2.75) is 25.4 Å². The lowest BCUT2D eigenvalue weighted by Crippen LogP contribution is -2.38. The van der Waals surface area contributed by atoms with Crippen LogP contribution in [0.3, 0.4) is 0 Å². The van der Waals surface area contributed by atoms with E-state index in [1.165, 1.54) is 0 Å². The fraction of sp³-hybridized carbons (Fsp3) is 0.321. The van der Waals surface area contributed by atoms with Crippen LogP contribution in [0.4, 0.5) is 0 Å². The first kappa shape index (κ1) is 23.0. The van der Waals surface area contributed by atoms with Crippen LogP contribution in [0.5, 0.6) is 5.75 Å². The van der Waals surface area contributed by atoms with Gasteiger partial charge in [-0.05, 0) is 60.0 Å². The van der Waals surface area contributed by atoms with Crippen molar-refractivity contribution in [3.05, 3.63) is 83.9 Å². The zero-order valence-electron chi connectivity index (χ0n) is 19.2. The second kappa shape index (κ2) is 11.6. The SMILES string of the molecule is CN(CCOc1cccc(CNC(=O)/C=C/c2cccc3ccccc23)c1)C1CCOCC1. The molecule has 3 aromatic rings. The monoisotopic (exact) mass is 444 g/mol. The lowest BCUT2D eigenvalue weighted by molar-refractivity contribution is -0.116. The molecule has 3 aromatic carbocycles. The number of hydrogen-bond acceptors (Lipinski definition) is 4. The van der Waals surface area contributed by atoms with Gasteiger partial charge in [-0.2, -0.15) is 0 Å². The molecule has 0 aromatic heterocycles. The first-order valence-electron chi connectivity index (χ1n) is 11.6. The standard InChI is InChI=1S/C28H32N2O3/c1-30(25-14-17-32-18-15-25)16-19-33-26-10-4-6-22(20-26)21-29-28(31)13-12-24-9-5-8-23-7-2-3-11-27(23)24/h2-13,20,25H,14-19,21H2,1H3,(H,29,31)/b13-12+. The molecule has 1 aliphatic rings. The van der Waals surface area contributed by atoms with E-state index in [-0.39, 0.29) is 5.91 Å². The predicted octanol–water partition coefficient (Wildman–Crippen LogP) is 4.66. The summed E-state index contributed by atoms with van der Waals surface area (Å²) in [4.78, 5) is 14.7. The molecule has 1 N–H and O–H groups in total. The number of carbonyl (C=O) groups is 1. The van der Waals surface area contributed by atoms with E-state index in [1.54, 1.807) is 6.08 Å². The van der Waals surface area contributed by atoms with E-state index in [2.05, 4.69) is 35.5 Å². The number of nitrogens with zero attached hydrogens (tertiary/aromatic N) is 1. The summed E-state index contributed by atoms with van der Waals surface area (Å²) in [7, 11) is 2.15. The fourth-order valence-corrected chi connectivity index (χ4v) is 4.17. The van der Waals surface area contributed by atoms with Crippen molar-refractivity contribution in [2.24, 2.45) is 0 Å². The van der Waals surface area contributed by atoms with E-state index < -0.39 is 0 Å². The average molecular weight is 445 g/mol. The van der Waals surface area contributed by atoms with E-state index >= 15 is 0 Å². The molecule has 172 valence electrons. The Morgan fingerprint density at radius 1 is 1.09 bits per heavy atom. The third kappa shape index (κ3) is 6.67. The third-order valence-electron chi connectivity index (χ3n) is 6.13. The van der Waals surface area contributed by atoms with Gasteiger partial charge in [0.15, 0.2) is 0 Å².